The smallest absolute Gasteiger partial charge is 0.262 e. The third-order valence-electron chi connectivity index (χ3n) is 3.98. The molecule has 1 aromatic heterocycles. The Morgan fingerprint density at radius 3 is 2.78 bits per heavy atom. The Kier molecular flexibility index (Phi) is 5.82. The lowest BCUT2D eigenvalue weighted by atomic mass is 10.2. The molecule has 1 N–H and O–H groups in total. The number of thioether (sulfide) groups is 1. The molecule has 0 saturated carbocycles. The summed E-state index contributed by atoms with van der Waals surface area (Å²) in [5.74, 6) is -0.850. The predicted octanol–water partition coefficient (Wildman–Crippen LogP) is 4.33. The number of anilines is 1. The van der Waals surface area contributed by atoms with Crippen LogP contribution in [0.1, 0.15) is 13.8 Å². The van der Waals surface area contributed by atoms with E-state index in [1.807, 2.05) is 13.0 Å². The Balaban J connectivity index is 1.84. The van der Waals surface area contributed by atoms with Gasteiger partial charge in [0.05, 0.1) is 21.2 Å². The van der Waals surface area contributed by atoms with Gasteiger partial charge in [-0.05, 0) is 44.2 Å². The number of amides is 1. The first-order valence-corrected chi connectivity index (χ1v) is 9.58. The first-order valence-electron chi connectivity index (χ1n) is 8.33. The van der Waals surface area contributed by atoms with Crippen molar-refractivity contribution in [3.63, 3.8) is 0 Å². The number of rotatable bonds is 5. The van der Waals surface area contributed by atoms with Gasteiger partial charge in [-0.25, -0.2) is 9.37 Å². The molecule has 3 aromatic rings. The highest BCUT2D eigenvalue weighted by molar-refractivity contribution is 8.00. The zero-order chi connectivity index (χ0) is 19.6. The van der Waals surface area contributed by atoms with Crippen LogP contribution < -0.4 is 10.9 Å². The maximum atomic E-state index is 13.2. The number of aromatic nitrogens is 2. The number of halogens is 2. The molecular formula is C19H17ClFN3O2S. The molecule has 3 rings (SSSR count). The molecule has 1 unspecified atom stereocenters. The second-order valence-corrected chi connectivity index (χ2v) is 7.55. The minimum absolute atomic E-state index is 0.0656. The van der Waals surface area contributed by atoms with E-state index in [1.54, 1.807) is 29.7 Å². The Labute approximate surface area is 164 Å². The van der Waals surface area contributed by atoms with E-state index in [1.165, 1.54) is 30.0 Å². The van der Waals surface area contributed by atoms with Crippen LogP contribution in [-0.2, 0) is 11.3 Å². The Hall–Kier alpha value is -2.38. The summed E-state index contributed by atoms with van der Waals surface area (Å²) in [5.41, 5.74) is 0.856. The van der Waals surface area contributed by atoms with Crippen LogP contribution in [-0.4, -0.2) is 20.7 Å². The molecule has 0 aliphatic heterocycles. The number of carbonyl (C=O) groups excluding carboxylic acids is 1. The van der Waals surface area contributed by atoms with Crippen LogP contribution in [0.2, 0.25) is 5.02 Å². The van der Waals surface area contributed by atoms with E-state index in [4.69, 9.17) is 11.6 Å². The van der Waals surface area contributed by atoms with Crippen molar-refractivity contribution in [2.75, 3.05) is 5.32 Å². The van der Waals surface area contributed by atoms with Crippen molar-refractivity contribution in [1.29, 1.82) is 0 Å². The van der Waals surface area contributed by atoms with Gasteiger partial charge >= 0.3 is 0 Å². The maximum Gasteiger partial charge on any atom is 0.262 e. The van der Waals surface area contributed by atoms with Crippen LogP contribution in [0.25, 0.3) is 10.9 Å². The van der Waals surface area contributed by atoms with E-state index in [2.05, 4.69) is 10.3 Å². The highest BCUT2D eigenvalue weighted by atomic mass is 35.5. The third kappa shape index (κ3) is 4.14. The molecular weight excluding hydrogens is 389 g/mol. The average molecular weight is 406 g/mol. The van der Waals surface area contributed by atoms with Gasteiger partial charge in [0.1, 0.15) is 5.82 Å². The van der Waals surface area contributed by atoms with Gasteiger partial charge in [-0.2, -0.15) is 0 Å². The summed E-state index contributed by atoms with van der Waals surface area (Å²) >= 11 is 6.93. The lowest BCUT2D eigenvalue weighted by Gasteiger charge is -2.15. The summed E-state index contributed by atoms with van der Waals surface area (Å²) in [6, 6.07) is 11.1. The molecule has 0 fully saturated rings. The number of carbonyl (C=O) groups is 1. The summed E-state index contributed by atoms with van der Waals surface area (Å²) in [6.45, 7) is 4.01. The van der Waals surface area contributed by atoms with Crippen molar-refractivity contribution in [1.82, 2.24) is 9.55 Å². The van der Waals surface area contributed by atoms with Gasteiger partial charge in [0, 0.05) is 12.2 Å². The van der Waals surface area contributed by atoms with E-state index in [-0.39, 0.29) is 16.5 Å². The van der Waals surface area contributed by atoms with Crippen LogP contribution in [0.4, 0.5) is 10.1 Å². The second-order valence-electron chi connectivity index (χ2n) is 5.84. The van der Waals surface area contributed by atoms with Crippen LogP contribution in [0.3, 0.4) is 0 Å². The molecule has 0 saturated heterocycles. The Bertz CT molecular complexity index is 1070. The maximum absolute atomic E-state index is 13.2. The summed E-state index contributed by atoms with van der Waals surface area (Å²) in [4.78, 5) is 29.7. The van der Waals surface area contributed by atoms with Crippen molar-refractivity contribution >= 4 is 45.9 Å². The van der Waals surface area contributed by atoms with Gasteiger partial charge < -0.3 is 5.32 Å². The number of hydrogen-bond acceptors (Lipinski definition) is 4. The van der Waals surface area contributed by atoms with E-state index in [9.17, 15) is 14.0 Å². The molecule has 0 bridgehead atoms. The molecule has 0 spiro atoms. The zero-order valence-corrected chi connectivity index (χ0v) is 16.3. The Morgan fingerprint density at radius 1 is 1.33 bits per heavy atom. The molecule has 140 valence electrons. The molecule has 0 aliphatic rings. The summed E-state index contributed by atoms with van der Waals surface area (Å²) in [6.07, 6.45) is 0. The van der Waals surface area contributed by atoms with Crippen LogP contribution in [0.5, 0.6) is 0 Å². The topological polar surface area (TPSA) is 64.0 Å². The molecule has 5 nitrogen and oxygen atoms in total. The highest BCUT2D eigenvalue weighted by Crippen LogP contribution is 2.25. The fourth-order valence-corrected chi connectivity index (χ4v) is 3.70. The van der Waals surface area contributed by atoms with E-state index >= 15 is 0 Å². The molecule has 1 amide bonds. The van der Waals surface area contributed by atoms with Crippen LogP contribution in [0, 0.1) is 5.82 Å². The normalized spacial score (nSPS) is 12.1. The van der Waals surface area contributed by atoms with Gasteiger partial charge in [-0.1, -0.05) is 35.5 Å². The number of benzene rings is 2. The molecule has 1 atom stereocenters. The van der Waals surface area contributed by atoms with Gasteiger partial charge in [-0.15, -0.1) is 0 Å². The van der Waals surface area contributed by atoms with Crippen molar-refractivity contribution in [3.8, 4) is 0 Å². The lowest BCUT2D eigenvalue weighted by Crippen LogP contribution is -2.26. The summed E-state index contributed by atoms with van der Waals surface area (Å²) < 4.78 is 14.8. The highest BCUT2D eigenvalue weighted by Gasteiger charge is 2.19. The minimum atomic E-state index is -0.551. The quantitative estimate of drug-likeness (QED) is 0.507. The predicted molar refractivity (Wildman–Crippen MR) is 107 cm³/mol. The number of fused-ring (bicyclic) bond motifs is 1. The van der Waals surface area contributed by atoms with Crippen molar-refractivity contribution in [2.45, 2.75) is 30.8 Å². The van der Waals surface area contributed by atoms with E-state index in [0.717, 1.165) is 0 Å². The van der Waals surface area contributed by atoms with Crippen LogP contribution >= 0.6 is 23.4 Å². The monoisotopic (exact) mass is 405 g/mol. The van der Waals surface area contributed by atoms with E-state index < -0.39 is 11.1 Å². The number of nitrogens with one attached hydrogen (secondary N) is 1. The largest absolute Gasteiger partial charge is 0.325 e. The lowest BCUT2D eigenvalue weighted by molar-refractivity contribution is -0.115. The fourth-order valence-electron chi connectivity index (χ4n) is 2.55. The number of nitrogens with zero attached hydrogens (tertiary/aromatic N) is 2. The molecule has 2 aromatic carbocycles. The van der Waals surface area contributed by atoms with Crippen molar-refractivity contribution in [2.24, 2.45) is 0 Å². The number of hydrogen-bond donors (Lipinski definition) is 1. The third-order valence-corrected chi connectivity index (χ3v) is 5.36. The van der Waals surface area contributed by atoms with Crippen LogP contribution in [0.15, 0.2) is 52.4 Å². The zero-order valence-electron chi connectivity index (χ0n) is 14.7. The second kappa shape index (κ2) is 8.10. The standard InChI is InChI=1S/C19H17ClFN3O2S/c1-3-24-18(26)13-6-4-5-7-16(13)23-19(24)27-11(2)17(25)22-12-8-9-15(21)14(20)10-12/h4-11H,3H2,1-2H3,(H,22,25). The molecule has 1 heterocycles. The first kappa shape index (κ1) is 19.4. The van der Waals surface area contributed by atoms with Crippen molar-refractivity contribution in [3.05, 3.63) is 63.7 Å². The molecule has 0 radical (unpaired) electrons. The van der Waals surface area contributed by atoms with Crippen molar-refractivity contribution < 1.29 is 9.18 Å². The molecule has 0 aliphatic carbocycles. The average Bonchev–Trinajstić information content (AvgIpc) is 2.65. The SMILES string of the molecule is CCn1c(SC(C)C(=O)Nc2ccc(F)c(Cl)c2)nc2ccccc2c1=O. The van der Waals surface area contributed by atoms with Gasteiger partial charge in [0.15, 0.2) is 5.16 Å². The van der Waals surface area contributed by atoms with Gasteiger partial charge in [-0.3, -0.25) is 14.2 Å². The van der Waals surface area contributed by atoms with E-state index in [0.29, 0.717) is 28.3 Å². The molecule has 27 heavy (non-hydrogen) atoms. The Morgan fingerprint density at radius 2 is 2.07 bits per heavy atom. The fraction of sp³-hybridized carbons (Fsp3) is 0.211. The summed E-state index contributed by atoms with van der Waals surface area (Å²) in [7, 11) is 0. The number of para-hydroxylation sites is 1. The van der Waals surface area contributed by atoms with Gasteiger partial charge in [0.25, 0.3) is 5.56 Å². The minimum Gasteiger partial charge on any atom is -0.325 e. The summed E-state index contributed by atoms with van der Waals surface area (Å²) in [5, 5.41) is 3.12. The van der Waals surface area contributed by atoms with Gasteiger partial charge in [0.2, 0.25) is 5.91 Å². The first-order chi connectivity index (χ1) is 12.9. The molecule has 8 heteroatoms.